The van der Waals surface area contributed by atoms with Gasteiger partial charge in [-0.15, -0.1) is 24.0 Å². The molecule has 1 aliphatic heterocycles. The first kappa shape index (κ1) is 20.2. The molecular formula is C17H29IN4O. The van der Waals surface area contributed by atoms with Crippen molar-refractivity contribution in [3.8, 4) is 0 Å². The van der Waals surface area contributed by atoms with Crippen molar-refractivity contribution in [3.63, 3.8) is 0 Å². The number of benzene rings is 1. The number of aliphatic imine (C=N–C) groups is 1. The fraction of sp³-hybridized carbons (Fsp3) is 0.588. The van der Waals surface area contributed by atoms with Gasteiger partial charge in [0.1, 0.15) is 0 Å². The molecule has 0 atom stereocenters. The number of nitrogens with zero attached hydrogens (tertiary/aromatic N) is 2. The van der Waals surface area contributed by atoms with Crippen LogP contribution in [-0.4, -0.2) is 57.3 Å². The van der Waals surface area contributed by atoms with Gasteiger partial charge in [-0.25, -0.2) is 0 Å². The van der Waals surface area contributed by atoms with E-state index in [2.05, 4.69) is 44.8 Å². The number of rotatable bonds is 7. The fourth-order valence-electron chi connectivity index (χ4n) is 2.49. The molecule has 1 saturated heterocycles. The highest BCUT2D eigenvalue weighted by molar-refractivity contribution is 14.0. The molecule has 0 aromatic heterocycles. The summed E-state index contributed by atoms with van der Waals surface area (Å²) in [6.07, 6.45) is 2.37. The molecule has 5 nitrogen and oxygen atoms in total. The Morgan fingerprint density at radius 2 is 1.87 bits per heavy atom. The van der Waals surface area contributed by atoms with Gasteiger partial charge in [0.2, 0.25) is 0 Å². The molecule has 1 aromatic carbocycles. The predicted molar refractivity (Wildman–Crippen MR) is 107 cm³/mol. The number of hydrogen-bond donors (Lipinski definition) is 2. The minimum Gasteiger partial charge on any atom is -0.379 e. The molecule has 0 spiro atoms. The zero-order valence-corrected chi connectivity index (χ0v) is 16.3. The molecule has 0 radical (unpaired) electrons. The van der Waals surface area contributed by atoms with Crippen LogP contribution in [0, 0.1) is 0 Å². The van der Waals surface area contributed by atoms with Crippen LogP contribution in [0.15, 0.2) is 35.3 Å². The lowest BCUT2D eigenvalue weighted by Gasteiger charge is -2.26. The van der Waals surface area contributed by atoms with Crippen molar-refractivity contribution in [2.24, 2.45) is 4.99 Å². The second kappa shape index (κ2) is 12.5. The zero-order valence-electron chi connectivity index (χ0n) is 14.0. The average Bonchev–Trinajstić information content (AvgIpc) is 2.59. The van der Waals surface area contributed by atoms with Crippen molar-refractivity contribution < 1.29 is 4.74 Å². The Balaban J connectivity index is 0.00000264. The van der Waals surface area contributed by atoms with Gasteiger partial charge in [0.05, 0.1) is 13.2 Å². The zero-order chi connectivity index (χ0) is 15.5. The Labute approximate surface area is 156 Å². The van der Waals surface area contributed by atoms with Crippen molar-refractivity contribution in [2.75, 3.05) is 46.4 Å². The number of guanidine groups is 1. The second-order valence-electron chi connectivity index (χ2n) is 5.50. The molecule has 1 aliphatic rings. The first-order chi connectivity index (χ1) is 10.9. The molecule has 130 valence electrons. The quantitative estimate of drug-likeness (QED) is 0.300. The molecule has 0 unspecified atom stereocenters. The Kier molecular flexibility index (Phi) is 11.0. The highest BCUT2D eigenvalue weighted by Crippen LogP contribution is 2.00. The summed E-state index contributed by atoms with van der Waals surface area (Å²) < 4.78 is 5.36. The third kappa shape index (κ3) is 8.53. The molecule has 6 heteroatoms. The normalized spacial score (nSPS) is 15.8. The molecule has 2 rings (SSSR count). The van der Waals surface area contributed by atoms with E-state index >= 15 is 0 Å². The number of hydrogen-bond acceptors (Lipinski definition) is 3. The van der Waals surface area contributed by atoms with Crippen LogP contribution in [0.4, 0.5) is 0 Å². The van der Waals surface area contributed by atoms with E-state index in [0.717, 1.165) is 51.8 Å². The Morgan fingerprint density at radius 1 is 1.13 bits per heavy atom. The van der Waals surface area contributed by atoms with E-state index in [1.54, 1.807) is 0 Å². The summed E-state index contributed by atoms with van der Waals surface area (Å²) in [7, 11) is 1.81. The molecule has 2 N–H and O–H groups in total. The number of unbranched alkanes of at least 4 members (excludes halogenated alkanes) is 1. The maximum Gasteiger partial charge on any atom is 0.191 e. The Morgan fingerprint density at radius 3 is 2.57 bits per heavy atom. The van der Waals surface area contributed by atoms with Crippen LogP contribution in [0.5, 0.6) is 0 Å². The van der Waals surface area contributed by atoms with Gasteiger partial charge in [-0.05, 0) is 24.9 Å². The molecular weight excluding hydrogens is 403 g/mol. The first-order valence-corrected chi connectivity index (χ1v) is 8.17. The van der Waals surface area contributed by atoms with Gasteiger partial charge in [0, 0.05) is 33.2 Å². The first-order valence-electron chi connectivity index (χ1n) is 8.17. The van der Waals surface area contributed by atoms with Crippen LogP contribution >= 0.6 is 24.0 Å². The molecule has 0 saturated carbocycles. The Bertz CT molecular complexity index is 435. The van der Waals surface area contributed by atoms with Gasteiger partial charge in [0.25, 0.3) is 0 Å². The summed E-state index contributed by atoms with van der Waals surface area (Å²) in [5.74, 6) is 0.871. The summed E-state index contributed by atoms with van der Waals surface area (Å²) in [6.45, 7) is 6.85. The van der Waals surface area contributed by atoms with E-state index in [4.69, 9.17) is 4.74 Å². The molecule has 0 bridgehead atoms. The summed E-state index contributed by atoms with van der Waals surface area (Å²) >= 11 is 0. The van der Waals surface area contributed by atoms with Gasteiger partial charge in [0.15, 0.2) is 5.96 Å². The van der Waals surface area contributed by atoms with Crippen molar-refractivity contribution in [2.45, 2.75) is 19.4 Å². The van der Waals surface area contributed by atoms with Crippen molar-refractivity contribution in [3.05, 3.63) is 35.9 Å². The number of nitrogens with one attached hydrogen (secondary N) is 2. The lowest BCUT2D eigenvalue weighted by Crippen LogP contribution is -2.38. The predicted octanol–water partition coefficient (Wildman–Crippen LogP) is 2.08. The molecule has 1 heterocycles. The van der Waals surface area contributed by atoms with E-state index in [0.29, 0.717) is 0 Å². The average molecular weight is 432 g/mol. The largest absolute Gasteiger partial charge is 0.379 e. The molecule has 0 amide bonds. The summed E-state index contributed by atoms with van der Waals surface area (Å²) in [4.78, 5) is 6.74. The van der Waals surface area contributed by atoms with Crippen LogP contribution in [-0.2, 0) is 11.3 Å². The SMILES string of the molecule is CN=C(NCCCCN1CCOCC1)NCc1ccccc1.I. The monoisotopic (exact) mass is 432 g/mol. The molecule has 1 aromatic rings. The van der Waals surface area contributed by atoms with E-state index < -0.39 is 0 Å². The van der Waals surface area contributed by atoms with Crippen LogP contribution in [0.3, 0.4) is 0 Å². The second-order valence-corrected chi connectivity index (χ2v) is 5.50. The third-order valence-electron chi connectivity index (χ3n) is 3.82. The minimum absolute atomic E-state index is 0. The van der Waals surface area contributed by atoms with E-state index in [9.17, 15) is 0 Å². The Hall–Kier alpha value is -0.860. The van der Waals surface area contributed by atoms with Crippen molar-refractivity contribution in [1.29, 1.82) is 0 Å². The number of ether oxygens (including phenoxy) is 1. The lowest BCUT2D eigenvalue weighted by molar-refractivity contribution is 0.0372. The topological polar surface area (TPSA) is 48.9 Å². The highest BCUT2D eigenvalue weighted by Gasteiger charge is 2.08. The van der Waals surface area contributed by atoms with Crippen LogP contribution in [0.1, 0.15) is 18.4 Å². The summed E-state index contributed by atoms with van der Waals surface area (Å²) in [5, 5.41) is 6.71. The highest BCUT2D eigenvalue weighted by atomic mass is 127. The smallest absolute Gasteiger partial charge is 0.191 e. The van der Waals surface area contributed by atoms with Gasteiger partial charge in [-0.1, -0.05) is 30.3 Å². The number of halogens is 1. The summed E-state index contributed by atoms with van der Waals surface area (Å²) in [5.41, 5.74) is 1.26. The number of morpholine rings is 1. The van der Waals surface area contributed by atoms with E-state index in [1.807, 2.05) is 13.1 Å². The van der Waals surface area contributed by atoms with Gasteiger partial charge in [-0.3, -0.25) is 9.89 Å². The lowest BCUT2D eigenvalue weighted by atomic mass is 10.2. The van der Waals surface area contributed by atoms with Crippen molar-refractivity contribution >= 4 is 29.9 Å². The maximum absolute atomic E-state index is 5.36. The van der Waals surface area contributed by atoms with Crippen LogP contribution in [0.25, 0.3) is 0 Å². The minimum atomic E-state index is 0. The molecule has 0 aliphatic carbocycles. The van der Waals surface area contributed by atoms with Crippen molar-refractivity contribution in [1.82, 2.24) is 15.5 Å². The molecule has 23 heavy (non-hydrogen) atoms. The van der Waals surface area contributed by atoms with E-state index in [1.165, 1.54) is 18.5 Å². The van der Waals surface area contributed by atoms with Gasteiger partial charge >= 0.3 is 0 Å². The standard InChI is InChI=1S/C17H28N4O.HI/c1-18-17(20-15-16-7-3-2-4-8-16)19-9-5-6-10-21-11-13-22-14-12-21;/h2-4,7-8H,5-6,9-15H2,1H3,(H2,18,19,20);1H. The maximum atomic E-state index is 5.36. The third-order valence-corrected chi connectivity index (χ3v) is 3.82. The van der Waals surface area contributed by atoms with Crippen LogP contribution < -0.4 is 10.6 Å². The van der Waals surface area contributed by atoms with Crippen LogP contribution in [0.2, 0.25) is 0 Å². The fourth-order valence-corrected chi connectivity index (χ4v) is 2.49. The molecule has 1 fully saturated rings. The van der Waals surface area contributed by atoms with Gasteiger partial charge < -0.3 is 15.4 Å². The van der Waals surface area contributed by atoms with Gasteiger partial charge in [-0.2, -0.15) is 0 Å². The van der Waals surface area contributed by atoms with E-state index in [-0.39, 0.29) is 24.0 Å². The summed E-state index contributed by atoms with van der Waals surface area (Å²) in [6, 6.07) is 10.4.